The fourth-order valence-corrected chi connectivity index (χ4v) is 3.23. The van der Waals surface area contributed by atoms with Gasteiger partial charge in [-0.05, 0) is 49.8 Å². The normalized spacial score (nSPS) is 10.7. The Morgan fingerprint density at radius 3 is 2.60 bits per heavy atom. The lowest BCUT2D eigenvalue weighted by Crippen LogP contribution is -2.13. The lowest BCUT2D eigenvalue weighted by molar-refractivity contribution is -0.137. The molecule has 0 spiro atoms. The van der Waals surface area contributed by atoms with Crippen molar-refractivity contribution in [2.24, 2.45) is 0 Å². The maximum Gasteiger partial charge on any atom is 0.330 e. The second kappa shape index (κ2) is 10.4. The molecule has 3 rings (SSSR count). The Morgan fingerprint density at radius 1 is 1.13 bits per heavy atom. The smallest absolute Gasteiger partial charge is 0.330 e. The number of para-hydroxylation sites is 1. The van der Waals surface area contributed by atoms with Crippen LogP contribution in [-0.4, -0.2) is 23.5 Å². The predicted molar refractivity (Wildman–Crippen MR) is 118 cm³/mol. The number of aromatic nitrogens is 1. The summed E-state index contributed by atoms with van der Waals surface area (Å²) < 4.78 is 10.7. The molecule has 1 aromatic heterocycles. The molecule has 1 heterocycles. The Bertz CT molecular complexity index is 1040. The number of aryl methyl sites for hydroxylation is 1. The highest BCUT2D eigenvalue weighted by Crippen LogP contribution is 2.22. The van der Waals surface area contributed by atoms with Gasteiger partial charge in [0.05, 0.1) is 22.9 Å². The van der Waals surface area contributed by atoms with Crippen LogP contribution in [0.25, 0.3) is 6.08 Å². The van der Waals surface area contributed by atoms with Crippen LogP contribution in [0.3, 0.4) is 0 Å². The summed E-state index contributed by atoms with van der Waals surface area (Å²) in [5.41, 5.74) is 2.73. The van der Waals surface area contributed by atoms with E-state index in [-0.39, 0.29) is 11.9 Å². The van der Waals surface area contributed by atoms with Crippen LogP contribution in [0.4, 0.5) is 5.69 Å². The number of carbonyl (C=O) groups excluding carboxylic acids is 2. The molecule has 0 atom stereocenters. The summed E-state index contributed by atoms with van der Waals surface area (Å²) in [5, 5.41) is 5.78. The van der Waals surface area contributed by atoms with Gasteiger partial charge in [0.15, 0.2) is 0 Å². The average molecular weight is 423 g/mol. The van der Waals surface area contributed by atoms with Gasteiger partial charge in [0, 0.05) is 17.1 Å². The minimum absolute atomic E-state index is 0.269. The quantitative estimate of drug-likeness (QED) is 0.414. The van der Waals surface area contributed by atoms with Crippen molar-refractivity contribution in [3.8, 4) is 5.75 Å². The van der Waals surface area contributed by atoms with Gasteiger partial charge in [-0.3, -0.25) is 4.79 Å². The average Bonchev–Trinajstić information content (AvgIpc) is 3.17. The molecule has 0 aliphatic rings. The first-order chi connectivity index (χ1) is 14.5. The molecule has 1 N–H and O–H groups in total. The van der Waals surface area contributed by atoms with Crippen LogP contribution >= 0.6 is 11.3 Å². The second-order valence-corrected chi connectivity index (χ2v) is 7.37. The Balaban J connectivity index is 1.63. The lowest BCUT2D eigenvalue weighted by atomic mass is 10.1. The number of nitrogens with one attached hydrogen (secondary N) is 1. The van der Waals surface area contributed by atoms with Gasteiger partial charge in [0.1, 0.15) is 12.4 Å². The molecular formula is C23H22N2O4S. The highest BCUT2D eigenvalue weighted by atomic mass is 32.1. The van der Waals surface area contributed by atoms with E-state index in [1.165, 1.54) is 6.08 Å². The molecule has 0 fully saturated rings. The molecule has 3 aromatic rings. The highest BCUT2D eigenvalue weighted by molar-refractivity contribution is 7.09. The van der Waals surface area contributed by atoms with Gasteiger partial charge >= 0.3 is 5.97 Å². The minimum atomic E-state index is -0.390. The van der Waals surface area contributed by atoms with Crippen LogP contribution in [0.2, 0.25) is 0 Å². The summed E-state index contributed by atoms with van der Waals surface area (Å²) in [7, 11) is 0. The van der Waals surface area contributed by atoms with Crippen molar-refractivity contribution in [2.45, 2.75) is 20.5 Å². The third kappa shape index (κ3) is 6.02. The molecule has 0 aliphatic carbocycles. The van der Waals surface area contributed by atoms with Crippen molar-refractivity contribution >= 4 is 35.0 Å². The molecule has 0 saturated carbocycles. The van der Waals surface area contributed by atoms with Crippen molar-refractivity contribution in [2.75, 3.05) is 11.9 Å². The van der Waals surface area contributed by atoms with Gasteiger partial charge in [0.25, 0.3) is 5.91 Å². The van der Waals surface area contributed by atoms with Crippen molar-refractivity contribution in [1.82, 2.24) is 4.98 Å². The monoisotopic (exact) mass is 422 g/mol. The maximum absolute atomic E-state index is 12.7. The van der Waals surface area contributed by atoms with E-state index in [0.29, 0.717) is 30.2 Å². The summed E-state index contributed by atoms with van der Waals surface area (Å²) in [6.45, 7) is 4.33. The molecule has 6 nitrogen and oxygen atoms in total. The molecule has 0 saturated heterocycles. The molecule has 0 bridgehead atoms. The van der Waals surface area contributed by atoms with Crippen molar-refractivity contribution in [1.29, 1.82) is 0 Å². The second-order valence-electron chi connectivity index (χ2n) is 6.30. The van der Waals surface area contributed by atoms with Crippen molar-refractivity contribution in [3.05, 3.63) is 81.8 Å². The van der Waals surface area contributed by atoms with E-state index in [1.54, 1.807) is 66.8 Å². The molecular weight excluding hydrogens is 400 g/mol. The van der Waals surface area contributed by atoms with Gasteiger partial charge < -0.3 is 14.8 Å². The van der Waals surface area contributed by atoms with Gasteiger partial charge in [-0.1, -0.05) is 24.3 Å². The van der Waals surface area contributed by atoms with E-state index >= 15 is 0 Å². The Kier molecular flexibility index (Phi) is 7.34. The number of hydrogen-bond donors (Lipinski definition) is 1. The Labute approximate surface area is 179 Å². The van der Waals surface area contributed by atoms with Gasteiger partial charge in [-0.25, -0.2) is 9.78 Å². The molecule has 30 heavy (non-hydrogen) atoms. The zero-order valence-corrected chi connectivity index (χ0v) is 17.6. The first-order valence-corrected chi connectivity index (χ1v) is 10.3. The molecule has 1 amide bonds. The Hall–Kier alpha value is -3.45. The molecule has 0 aliphatic heterocycles. The summed E-state index contributed by atoms with van der Waals surface area (Å²) >= 11 is 1.56. The minimum Gasteiger partial charge on any atom is -0.486 e. The van der Waals surface area contributed by atoms with E-state index < -0.39 is 0 Å². The first kappa shape index (κ1) is 21.3. The van der Waals surface area contributed by atoms with E-state index in [1.807, 2.05) is 18.4 Å². The largest absolute Gasteiger partial charge is 0.486 e. The summed E-state index contributed by atoms with van der Waals surface area (Å²) in [6.07, 6.45) is 3.03. The fraction of sp³-hybridized carbons (Fsp3) is 0.174. The molecule has 7 heteroatoms. The number of nitrogens with zero attached hydrogens (tertiary/aromatic N) is 1. The molecule has 0 unspecified atom stereocenters. The van der Waals surface area contributed by atoms with E-state index in [4.69, 9.17) is 9.47 Å². The van der Waals surface area contributed by atoms with Crippen LogP contribution < -0.4 is 10.1 Å². The van der Waals surface area contributed by atoms with Gasteiger partial charge in [-0.2, -0.15) is 0 Å². The van der Waals surface area contributed by atoms with E-state index in [9.17, 15) is 9.59 Å². The molecule has 2 aromatic carbocycles. The zero-order valence-electron chi connectivity index (χ0n) is 16.8. The van der Waals surface area contributed by atoms with Crippen molar-refractivity contribution < 1.29 is 19.1 Å². The van der Waals surface area contributed by atoms with Crippen LogP contribution in [0, 0.1) is 6.92 Å². The maximum atomic E-state index is 12.7. The van der Waals surface area contributed by atoms with Crippen LogP contribution in [-0.2, 0) is 16.1 Å². The van der Waals surface area contributed by atoms with Crippen LogP contribution in [0.5, 0.6) is 5.75 Å². The van der Waals surface area contributed by atoms with E-state index in [0.717, 1.165) is 16.3 Å². The number of anilines is 1. The van der Waals surface area contributed by atoms with Crippen LogP contribution in [0.15, 0.2) is 60.0 Å². The number of benzene rings is 2. The van der Waals surface area contributed by atoms with Gasteiger partial charge in [0.2, 0.25) is 0 Å². The third-order valence-corrected chi connectivity index (χ3v) is 4.86. The predicted octanol–water partition coefficient (Wildman–Crippen LogP) is 4.86. The van der Waals surface area contributed by atoms with Crippen LogP contribution in [0.1, 0.15) is 33.5 Å². The zero-order chi connectivity index (χ0) is 21.3. The summed E-state index contributed by atoms with van der Waals surface area (Å²) in [4.78, 5) is 28.5. The highest BCUT2D eigenvalue weighted by Gasteiger charge is 2.13. The van der Waals surface area contributed by atoms with Crippen molar-refractivity contribution in [3.63, 3.8) is 0 Å². The number of carbonyl (C=O) groups is 2. The first-order valence-electron chi connectivity index (χ1n) is 9.44. The number of thiazole rings is 1. The standard InChI is InChI=1S/C23H22N2O4S/c1-3-28-22(26)13-10-17-8-11-18(12-9-17)25-23(27)20-6-4-5-7-21(20)29-14-19-15-30-16(2)24-19/h4-13,15H,3,14H2,1-2H3,(H,25,27)/b13-10+. The number of esters is 1. The van der Waals surface area contributed by atoms with E-state index in [2.05, 4.69) is 10.3 Å². The SMILES string of the molecule is CCOC(=O)/C=C/c1ccc(NC(=O)c2ccccc2OCc2csc(C)n2)cc1. The third-order valence-electron chi connectivity index (χ3n) is 4.04. The number of hydrogen-bond acceptors (Lipinski definition) is 6. The molecule has 0 radical (unpaired) electrons. The Morgan fingerprint density at radius 2 is 1.90 bits per heavy atom. The number of ether oxygens (including phenoxy) is 2. The topological polar surface area (TPSA) is 77.5 Å². The lowest BCUT2D eigenvalue weighted by Gasteiger charge is -2.11. The van der Waals surface area contributed by atoms with Gasteiger partial charge in [-0.15, -0.1) is 11.3 Å². The molecule has 154 valence electrons. The number of rotatable bonds is 8. The fourth-order valence-electron chi connectivity index (χ4n) is 2.64. The summed E-state index contributed by atoms with van der Waals surface area (Å²) in [5.74, 6) is -0.163. The summed E-state index contributed by atoms with van der Waals surface area (Å²) in [6, 6.07) is 14.2. The number of amides is 1.